The van der Waals surface area contributed by atoms with Gasteiger partial charge in [-0.15, -0.1) is 0 Å². The van der Waals surface area contributed by atoms with E-state index in [4.69, 9.17) is 0 Å². The summed E-state index contributed by atoms with van der Waals surface area (Å²) in [5, 5.41) is -0.488. The molecule has 0 saturated carbocycles. The number of halogens is 3. The Labute approximate surface area is 223 Å². The summed E-state index contributed by atoms with van der Waals surface area (Å²) < 4.78 is 38.3. The van der Waals surface area contributed by atoms with Crippen molar-refractivity contribution in [3.05, 3.63) is 75.7 Å². The molecule has 0 radical (unpaired) electrons. The molecule has 7 nitrogen and oxygen atoms in total. The molecule has 0 atom stereocenters. The maximum Gasteiger partial charge on any atom is 0.416 e. The summed E-state index contributed by atoms with van der Waals surface area (Å²) in [5.74, 6) is -0.548. The van der Waals surface area contributed by atoms with E-state index in [-0.39, 0.29) is 17.4 Å². The second-order valence-corrected chi connectivity index (χ2v) is 10.5. The van der Waals surface area contributed by atoms with Crippen LogP contribution in [0.25, 0.3) is 6.08 Å². The molecule has 0 aromatic heterocycles. The lowest BCUT2D eigenvalue weighted by molar-refractivity contribution is -0.137. The molecule has 2 fully saturated rings. The average Bonchev–Trinajstić information content (AvgIpc) is 3.15. The Bertz CT molecular complexity index is 1210. The zero-order valence-electron chi connectivity index (χ0n) is 21.2. The molecule has 2 aliphatic heterocycles. The predicted octanol–water partition coefficient (Wildman–Crippen LogP) is 4.26. The normalized spacial score (nSPS) is 18.2. The zero-order valence-corrected chi connectivity index (χ0v) is 22.0. The Balaban J connectivity index is 1.35. The van der Waals surface area contributed by atoms with E-state index in [2.05, 4.69) is 9.80 Å². The molecule has 38 heavy (non-hydrogen) atoms. The monoisotopic (exact) mass is 546 g/mol. The number of carbonyl (C=O) groups is 3. The van der Waals surface area contributed by atoms with Crippen molar-refractivity contribution < 1.29 is 27.6 Å². The van der Waals surface area contributed by atoms with Gasteiger partial charge in [-0.3, -0.25) is 24.2 Å². The highest BCUT2D eigenvalue weighted by molar-refractivity contribution is 8.18. The summed E-state index contributed by atoms with van der Waals surface area (Å²) in [7, 11) is 4.08. The lowest BCUT2D eigenvalue weighted by Gasteiger charge is -2.35. The summed E-state index contributed by atoms with van der Waals surface area (Å²) in [4.78, 5) is 45.7. The van der Waals surface area contributed by atoms with E-state index in [1.807, 2.05) is 19.0 Å². The Morgan fingerprint density at radius 1 is 0.974 bits per heavy atom. The van der Waals surface area contributed by atoms with Crippen molar-refractivity contribution in [3.8, 4) is 0 Å². The van der Waals surface area contributed by atoms with E-state index < -0.39 is 22.9 Å². The summed E-state index contributed by atoms with van der Waals surface area (Å²) in [6.45, 7) is 4.83. The number of imide groups is 1. The third-order valence-corrected chi connectivity index (χ3v) is 7.38. The van der Waals surface area contributed by atoms with Crippen LogP contribution in [0, 0.1) is 0 Å². The smallest absolute Gasteiger partial charge is 0.336 e. The number of hydrogen-bond acceptors (Lipinski definition) is 6. The minimum Gasteiger partial charge on any atom is -0.336 e. The van der Waals surface area contributed by atoms with Crippen LogP contribution in [0.1, 0.15) is 27.0 Å². The van der Waals surface area contributed by atoms with Gasteiger partial charge in [0.05, 0.1) is 17.0 Å². The minimum absolute atomic E-state index is 0.0410. The predicted molar refractivity (Wildman–Crippen MR) is 140 cm³/mol. The van der Waals surface area contributed by atoms with Crippen molar-refractivity contribution >= 4 is 34.9 Å². The van der Waals surface area contributed by atoms with Crippen LogP contribution in [0.2, 0.25) is 0 Å². The molecule has 2 aromatic rings. The fraction of sp³-hybridized carbons (Fsp3) is 0.370. The van der Waals surface area contributed by atoms with Gasteiger partial charge in [0.25, 0.3) is 17.1 Å². The summed E-state index contributed by atoms with van der Waals surface area (Å²) in [6, 6.07) is 11.2. The Morgan fingerprint density at radius 3 is 2.18 bits per heavy atom. The van der Waals surface area contributed by atoms with E-state index in [9.17, 15) is 27.6 Å². The van der Waals surface area contributed by atoms with Crippen LogP contribution in [-0.4, -0.2) is 90.0 Å². The zero-order chi connectivity index (χ0) is 27.4. The number of benzene rings is 2. The first-order chi connectivity index (χ1) is 18.0. The molecular weight excluding hydrogens is 517 g/mol. The summed E-state index contributed by atoms with van der Waals surface area (Å²) in [6.07, 6.45) is -2.88. The van der Waals surface area contributed by atoms with Crippen molar-refractivity contribution in [2.24, 2.45) is 0 Å². The maximum atomic E-state index is 12.9. The largest absolute Gasteiger partial charge is 0.416 e. The van der Waals surface area contributed by atoms with Gasteiger partial charge in [-0.1, -0.05) is 24.3 Å². The highest BCUT2D eigenvalue weighted by Crippen LogP contribution is 2.34. The number of amides is 3. The van der Waals surface area contributed by atoms with Crippen LogP contribution in [0.4, 0.5) is 18.0 Å². The number of piperazine rings is 1. The lowest BCUT2D eigenvalue weighted by atomic mass is 10.1. The number of alkyl halides is 3. The third kappa shape index (κ3) is 6.83. The van der Waals surface area contributed by atoms with Crippen LogP contribution in [0.15, 0.2) is 53.4 Å². The molecule has 3 amide bonds. The standard InChI is InChI=1S/C27H29F3N4O3S/c1-31(2)11-12-32-13-15-33(16-14-32)24(35)21-7-3-19(4-8-21)17-23-25(36)34(26(37)38-23)18-20-5-9-22(10-6-20)27(28,29)30/h3-10,17H,11-16,18H2,1-2H3/b23-17-. The van der Waals surface area contributed by atoms with Gasteiger partial charge in [-0.05, 0) is 67.3 Å². The molecule has 2 aromatic carbocycles. The lowest BCUT2D eigenvalue weighted by Crippen LogP contribution is -2.49. The van der Waals surface area contributed by atoms with E-state index in [1.54, 1.807) is 30.3 Å². The Kier molecular flexibility index (Phi) is 8.59. The number of nitrogens with zero attached hydrogens (tertiary/aromatic N) is 4. The number of likely N-dealkylation sites (N-methyl/N-ethyl adjacent to an activating group) is 1. The second-order valence-electron chi connectivity index (χ2n) is 9.52. The molecule has 4 rings (SSSR count). The first-order valence-corrected chi connectivity index (χ1v) is 13.0. The van der Waals surface area contributed by atoms with Gasteiger partial charge in [0.15, 0.2) is 0 Å². The number of thioether (sulfide) groups is 1. The fourth-order valence-electron chi connectivity index (χ4n) is 4.19. The van der Waals surface area contributed by atoms with Gasteiger partial charge in [-0.25, -0.2) is 0 Å². The van der Waals surface area contributed by atoms with Crippen LogP contribution < -0.4 is 0 Å². The van der Waals surface area contributed by atoms with Crippen LogP contribution in [-0.2, 0) is 17.5 Å². The summed E-state index contributed by atoms with van der Waals surface area (Å²) in [5.41, 5.74) is 0.844. The first kappa shape index (κ1) is 27.9. The van der Waals surface area contributed by atoms with Crippen molar-refractivity contribution in [3.63, 3.8) is 0 Å². The van der Waals surface area contributed by atoms with Crippen molar-refractivity contribution in [2.75, 3.05) is 53.4 Å². The molecule has 0 aliphatic carbocycles. The van der Waals surface area contributed by atoms with Crippen molar-refractivity contribution in [2.45, 2.75) is 12.7 Å². The molecule has 0 bridgehead atoms. The number of rotatable bonds is 7. The molecule has 2 heterocycles. The molecule has 0 N–H and O–H groups in total. The third-order valence-electron chi connectivity index (χ3n) is 6.47. The maximum absolute atomic E-state index is 12.9. The molecule has 202 valence electrons. The number of carbonyl (C=O) groups excluding carboxylic acids is 3. The van der Waals surface area contributed by atoms with Gasteiger partial charge in [-0.2, -0.15) is 13.2 Å². The van der Waals surface area contributed by atoms with Gasteiger partial charge < -0.3 is 9.80 Å². The van der Waals surface area contributed by atoms with Crippen molar-refractivity contribution in [1.29, 1.82) is 0 Å². The van der Waals surface area contributed by atoms with Crippen LogP contribution in [0.5, 0.6) is 0 Å². The molecule has 2 aliphatic rings. The average molecular weight is 547 g/mol. The van der Waals surface area contributed by atoms with E-state index >= 15 is 0 Å². The van der Waals surface area contributed by atoms with Gasteiger partial charge in [0.2, 0.25) is 0 Å². The van der Waals surface area contributed by atoms with E-state index in [0.29, 0.717) is 29.8 Å². The first-order valence-electron chi connectivity index (χ1n) is 12.2. The molecular formula is C27H29F3N4O3S. The quantitative estimate of drug-likeness (QED) is 0.484. The summed E-state index contributed by atoms with van der Waals surface area (Å²) >= 11 is 0.778. The molecule has 2 saturated heterocycles. The van der Waals surface area contributed by atoms with E-state index in [0.717, 1.165) is 55.0 Å². The highest BCUT2D eigenvalue weighted by atomic mass is 32.2. The topological polar surface area (TPSA) is 64.2 Å². The van der Waals surface area contributed by atoms with Gasteiger partial charge in [0.1, 0.15) is 0 Å². The highest BCUT2D eigenvalue weighted by Gasteiger charge is 2.35. The Hall–Kier alpha value is -3.15. The van der Waals surface area contributed by atoms with Crippen LogP contribution in [0.3, 0.4) is 0 Å². The fourth-order valence-corrected chi connectivity index (χ4v) is 5.03. The number of hydrogen-bond donors (Lipinski definition) is 0. The minimum atomic E-state index is -4.45. The van der Waals surface area contributed by atoms with Gasteiger partial charge >= 0.3 is 6.18 Å². The van der Waals surface area contributed by atoms with Gasteiger partial charge in [0, 0.05) is 44.8 Å². The van der Waals surface area contributed by atoms with Crippen molar-refractivity contribution in [1.82, 2.24) is 19.6 Å². The van der Waals surface area contributed by atoms with Crippen LogP contribution >= 0.6 is 11.8 Å². The van der Waals surface area contributed by atoms with E-state index in [1.165, 1.54) is 12.1 Å². The SMILES string of the molecule is CN(C)CCN1CCN(C(=O)c2ccc(/C=C3\SC(=O)N(Cc4ccc(C(F)(F)F)cc4)C3=O)cc2)CC1. The molecule has 0 unspecified atom stereocenters. The molecule has 11 heteroatoms. The second kappa shape index (κ2) is 11.7. The Morgan fingerprint density at radius 2 is 1.61 bits per heavy atom. The molecule has 0 spiro atoms.